The normalized spacial score (nSPS) is 11.7. The lowest BCUT2D eigenvalue weighted by Crippen LogP contribution is -1.84. The summed E-state index contributed by atoms with van der Waals surface area (Å²) in [6, 6.07) is 0. The summed E-state index contributed by atoms with van der Waals surface area (Å²) < 4.78 is 2.26. The van der Waals surface area contributed by atoms with Crippen molar-refractivity contribution in [2.45, 2.75) is 51.9 Å². The summed E-state index contributed by atoms with van der Waals surface area (Å²) in [6.07, 6.45) is 11.0. The molecule has 0 spiro atoms. The Hall–Kier alpha value is 0.210. The lowest BCUT2D eigenvalue weighted by Gasteiger charge is -2.04. The molecule has 1 heteroatoms. The van der Waals surface area contributed by atoms with Crippen LogP contribution in [-0.4, -0.2) is 0 Å². The zero-order valence-corrected chi connectivity index (χ0v) is 10.8. The van der Waals surface area contributed by atoms with Gasteiger partial charge in [-0.05, 0) is 36.2 Å². The number of halogens is 1. The molecule has 0 atom stereocenters. The zero-order valence-electron chi connectivity index (χ0n) is 8.69. The van der Waals surface area contributed by atoms with E-state index in [0.717, 1.165) is 6.42 Å². The fourth-order valence-electron chi connectivity index (χ4n) is 1.31. The van der Waals surface area contributed by atoms with Gasteiger partial charge in [0.1, 0.15) is 0 Å². The molecule has 0 bridgehead atoms. The predicted molar refractivity (Wildman–Crippen MR) is 70.3 cm³/mol. The average molecular weight is 292 g/mol. The number of allylic oxidation sites excluding steroid dienone is 2. The Bertz CT molecular complexity index is 147. The fraction of sp³-hybridized carbons (Fsp3) is 0.667. The summed E-state index contributed by atoms with van der Waals surface area (Å²) in [5.41, 5.74) is 1.62. The van der Waals surface area contributed by atoms with Crippen molar-refractivity contribution in [3.05, 3.63) is 22.3 Å². The highest BCUT2D eigenvalue weighted by Gasteiger charge is 1.96. The van der Waals surface area contributed by atoms with Gasteiger partial charge in [-0.15, -0.1) is 6.58 Å². The van der Waals surface area contributed by atoms with Crippen molar-refractivity contribution in [3.8, 4) is 0 Å². The van der Waals surface area contributed by atoms with Crippen LogP contribution in [0.15, 0.2) is 22.3 Å². The van der Waals surface area contributed by atoms with Crippen LogP contribution in [0.2, 0.25) is 0 Å². The summed E-state index contributed by atoms with van der Waals surface area (Å²) in [6.45, 7) is 5.99. The summed E-state index contributed by atoms with van der Waals surface area (Å²) >= 11 is 2.37. The summed E-state index contributed by atoms with van der Waals surface area (Å²) in [4.78, 5) is 0. The van der Waals surface area contributed by atoms with E-state index in [9.17, 15) is 0 Å². The predicted octanol–water partition coefficient (Wildman–Crippen LogP) is 5.24. The van der Waals surface area contributed by atoms with E-state index in [4.69, 9.17) is 0 Å². The molecule has 0 aliphatic carbocycles. The van der Waals surface area contributed by atoms with Crippen molar-refractivity contribution in [3.63, 3.8) is 0 Å². The first-order valence-corrected chi connectivity index (χ1v) is 6.48. The van der Waals surface area contributed by atoms with Gasteiger partial charge in [-0.2, -0.15) is 0 Å². The van der Waals surface area contributed by atoms with Crippen molar-refractivity contribution in [2.75, 3.05) is 0 Å². The highest BCUT2D eigenvalue weighted by atomic mass is 127. The van der Waals surface area contributed by atoms with Gasteiger partial charge in [0.05, 0.1) is 0 Å². The molecule has 0 nitrogen and oxygen atoms in total. The maximum absolute atomic E-state index is 3.74. The minimum atomic E-state index is 1.15. The van der Waals surface area contributed by atoms with Gasteiger partial charge in [0, 0.05) is 0 Å². The molecule has 0 aliphatic rings. The van der Waals surface area contributed by atoms with Gasteiger partial charge in [-0.25, -0.2) is 0 Å². The van der Waals surface area contributed by atoms with Crippen LogP contribution in [0, 0.1) is 0 Å². The second-order valence-electron chi connectivity index (χ2n) is 3.41. The van der Waals surface area contributed by atoms with E-state index < -0.39 is 0 Å². The van der Waals surface area contributed by atoms with Crippen LogP contribution in [0.1, 0.15) is 51.9 Å². The van der Waals surface area contributed by atoms with Gasteiger partial charge >= 0.3 is 0 Å². The second-order valence-corrected chi connectivity index (χ2v) is 4.03. The van der Waals surface area contributed by atoms with E-state index in [-0.39, 0.29) is 0 Å². The second kappa shape index (κ2) is 10.3. The number of hydrogen-bond donors (Lipinski definition) is 0. The van der Waals surface area contributed by atoms with E-state index in [1.54, 1.807) is 5.57 Å². The molecule has 0 fully saturated rings. The Kier molecular flexibility index (Phi) is 10.5. The van der Waals surface area contributed by atoms with Crippen LogP contribution in [0.25, 0.3) is 0 Å². The van der Waals surface area contributed by atoms with Crippen LogP contribution in [0.5, 0.6) is 0 Å². The molecule has 0 aromatic carbocycles. The number of hydrogen-bond acceptors (Lipinski definition) is 0. The SMILES string of the molecule is C=CCCC/C(=C\I)CCCCC. The molecular formula is C12H21I. The molecule has 0 aromatic heterocycles. The van der Waals surface area contributed by atoms with E-state index in [1.807, 2.05) is 6.08 Å². The maximum atomic E-state index is 3.74. The maximum Gasteiger partial charge on any atom is -0.0242 e. The van der Waals surface area contributed by atoms with Crippen LogP contribution < -0.4 is 0 Å². The van der Waals surface area contributed by atoms with Gasteiger partial charge in [0.25, 0.3) is 0 Å². The molecule has 13 heavy (non-hydrogen) atoms. The van der Waals surface area contributed by atoms with Gasteiger partial charge in [-0.3, -0.25) is 0 Å². The van der Waals surface area contributed by atoms with Gasteiger partial charge in [0.2, 0.25) is 0 Å². The van der Waals surface area contributed by atoms with E-state index >= 15 is 0 Å². The highest BCUT2D eigenvalue weighted by Crippen LogP contribution is 2.17. The van der Waals surface area contributed by atoms with Crippen LogP contribution in [0.3, 0.4) is 0 Å². The molecular weight excluding hydrogens is 271 g/mol. The van der Waals surface area contributed by atoms with E-state index in [2.05, 4.69) is 40.2 Å². The van der Waals surface area contributed by atoms with Gasteiger partial charge in [-0.1, -0.05) is 54.0 Å². The standard InChI is InChI=1S/C12H21I/c1-3-5-7-9-12(11-13)10-8-6-4-2/h3,11H,1,4-10H2,2H3/b12-11+. The number of unbranched alkanes of at least 4 members (excludes halogenated alkanes) is 3. The molecule has 0 unspecified atom stereocenters. The van der Waals surface area contributed by atoms with Crippen molar-refractivity contribution >= 4 is 22.6 Å². The monoisotopic (exact) mass is 292 g/mol. The largest absolute Gasteiger partial charge is 0.103 e. The zero-order chi connectivity index (χ0) is 9.94. The first-order chi connectivity index (χ1) is 6.35. The topological polar surface area (TPSA) is 0 Å². The molecule has 0 amide bonds. The fourth-order valence-corrected chi connectivity index (χ4v) is 1.93. The van der Waals surface area contributed by atoms with Crippen LogP contribution in [0.4, 0.5) is 0 Å². The molecule has 0 rings (SSSR count). The minimum absolute atomic E-state index is 1.15. The molecule has 0 aromatic rings. The summed E-state index contributed by atoms with van der Waals surface area (Å²) in [5.74, 6) is 0. The molecule has 0 radical (unpaired) electrons. The highest BCUT2D eigenvalue weighted by molar-refractivity contribution is 14.1. The molecule has 0 N–H and O–H groups in total. The molecule has 0 aliphatic heterocycles. The van der Waals surface area contributed by atoms with Crippen LogP contribution in [-0.2, 0) is 0 Å². The summed E-state index contributed by atoms with van der Waals surface area (Å²) in [7, 11) is 0. The Balaban J connectivity index is 3.46. The first kappa shape index (κ1) is 13.2. The molecule has 0 saturated carbocycles. The van der Waals surface area contributed by atoms with Gasteiger partial charge < -0.3 is 0 Å². The first-order valence-electron chi connectivity index (χ1n) is 5.24. The summed E-state index contributed by atoms with van der Waals surface area (Å²) in [5, 5.41) is 0. The smallest absolute Gasteiger partial charge is 0.0242 e. The van der Waals surface area contributed by atoms with Crippen molar-refractivity contribution < 1.29 is 0 Å². The lowest BCUT2D eigenvalue weighted by atomic mass is 10.0. The minimum Gasteiger partial charge on any atom is -0.103 e. The average Bonchev–Trinajstić information content (AvgIpc) is 2.16. The lowest BCUT2D eigenvalue weighted by molar-refractivity contribution is 0.686. The Morgan fingerprint density at radius 1 is 1.23 bits per heavy atom. The van der Waals surface area contributed by atoms with E-state index in [0.29, 0.717) is 0 Å². The third kappa shape index (κ3) is 8.54. The van der Waals surface area contributed by atoms with Crippen LogP contribution >= 0.6 is 22.6 Å². The van der Waals surface area contributed by atoms with Crippen molar-refractivity contribution in [1.29, 1.82) is 0 Å². The Morgan fingerprint density at radius 3 is 2.46 bits per heavy atom. The molecule has 0 saturated heterocycles. The Morgan fingerprint density at radius 2 is 1.92 bits per heavy atom. The van der Waals surface area contributed by atoms with Gasteiger partial charge in [0.15, 0.2) is 0 Å². The molecule has 0 heterocycles. The molecule has 76 valence electrons. The Labute approximate surface area is 96.6 Å². The number of rotatable bonds is 8. The van der Waals surface area contributed by atoms with Crippen molar-refractivity contribution in [1.82, 2.24) is 0 Å². The van der Waals surface area contributed by atoms with Crippen molar-refractivity contribution in [2.24, 2.45) is 0 Å². The third-order valence-electron chi connectivity index (χ3n) is 2.16. The van der Waals surface area contributed by atoms with E-state index in [1.165, 1.54) is 38.5 Å². The quantitative estimate of drug-likeness (QED) is 0.326. The third-order valence-corrected chi connectivity index (χ3v) is 3.04.